The molecular formula is C13H18N2OS. The van der Waals surface area contributed by atoms with Crippen LogP contribution in [0.5, 0.6) is 0 Å². The first-order valence-electron chi connectivity index (χ1n) is 5.71. The molecule has 3 nitrogen and oxygen atoms in total. The van der Waals surface area contributed by atoms with Crippen LogP contribution in [0.25, 0.3) is 10.8 Å². The number of furan rings is 1. The second-order valence-electron chi connectivity index (χ2n) is 5.10. The fourth-order valence-electron chi connectivity index (χ4n) is 1.61. The minimum absolute atomic E-state index is 0.102. The summed E-state index contributed by atoms with van der Waals surface area (Å²) >= 11 is 1.62. The van der Waals surface area contributed by atoms with E-state index in [2.05, 4.69) is 24.2 Å². The highest BCUT2D eigenvalue weighted by Gasteiger charge is 2.18. The molecule has 0 atom stereocenters. The minimum atomic E-state index is 0.102. The summed E-state index contributed by atoms with van der Waals surface area (Å²) in [5, 5.41) is 3.03. The quantitative estimate of drug-likeness (QED) is 0.906. The Balaban J connectivity index is 2.16. The molecule has 0 aliphatic carbocycles. The Bertz CT molecular complexity index is 499. The molecule has 2 aromatic rings. The average molecular weight is 250 g/mol. The molecule has 0 fully saturated rings. The number of nitrogens with zero attached hydrogens (tertiary/aromatic N) is 1. The fourth-order valence-corrected chi connectivity index (χ4v) is 2.39. The third-order valence-corrected chi connectivity index (χ3v) is 3.62. The second kappa shape index (κ2) is 4.63. The lowest BCUT2D eigenvalue weighted by Gasteiger charge is -2.20. The van der Waals surface area contributed by atoms with Gasteiger partial charge in [0.15, 0.2) is 10.8 Å². The van der Waals surface area contributed by atoms with Gasteiger partial charge in [0.1, 0.15) is 5.76 Å². The van der Waals surface area contributed by atoms with Gasteiger partial charge < -0.3 is 10.2 Å². The zero-order chi connectivity index (χ0) is 12.5. The first kappa shape index (κ1) is 12.3. The monoisotopic (exact) mass is 250 g/mol. The summed E-state index contributed by atoms with van der Waals surface area (Å²) < 4.78 is 5.56. The predicted octanol–water partition coefficient (Wildman–Crippen LogP) is 3.24. The molecule has 0 aromatic carbocycles. The minimum Gasteiger partial charge on any atom is -0.459 e. The Morgan fingerprint density at radius 2 is 2.18 bits per heavy atom. The number of thiazole rings is 1. The Labute approximate surface area is 106 Å². The van der Waals surface area contributed by atoms with Crippen molar-refractivity contribution in [3.8, 4) is 10.8 Å². The van der Waals surface area contributed by atoms with E-state index in [-0.39, 0.29) is 5.41 Å². The highest BCUT2D eigenvalue weighted by Crippen LogP contribution is 2.28. The largest absolute Gasteiger partial charge is 0.459 e. The van der Waals surface area contributed by atoms with Crippen molar-refractivity contribution in [2.24, 2.45) is 11.1 Å². The van der Waals surface area contributed by atoms with Crippen LogP contribution < -0.4 is 5.73 Å². The van der Waals surface area contributed by atoms with Crippen molar-refractivity contribution in [1.82, 2.24) is 4.98 Å². The van der Waals surface area contributed by atoms with Crippen LogP contribution in [0.2, 0.25) is 0 Å². The number of hydrogen-bond acceptors (Lipinski definition) is 4. The summed E-state index contributed by atoms with van der Waals surface area (Å²) in [5.74, 6) is 1.77. The van der Waals surface area contributed by atoms with E-state index in [0.29, 0.717) is 6.54 Å². The molecule has 0 bridgehead atoms. The van der Waals surface area contributed by atoms with Crippen LogP contribution in [0, 0.1) is 12.3 Å². The van der Waals surface area contributed by atoms with E-state index in [1.165, 1.54) is 0 Å². The van der Waals surface area contributed by atoms with Crippen LogP contribution in [0.4, 0.5) is 0 Å². The maximum absolute atomic E-state index is 5.73. The van der Waals surface area contributed by atoms with E-state index in [9.17, 15) is 0 Å². The van der Waals surface area contributed by atoms with Gasteiger partial charge in [-0.2, -0.15) is 0 Å². The highest BCUT2D eigenvalue weighted by molar-refractivity contribution is 7.13. The van der Waals surface area contributed by atoms with E-state index in [1.54, 1.807) is 11.3 Å². The van der Waals surface area contributed by atoms with Gasteiger partial charge in [0.25, 0.3) is 0 Å². The first-order valence-corrected chi connectivity index (χ1v) is 6.59. The molecule has 0 spiro atoms. The van der Waals surface area contributed by atoms with Gasteiger partial charge in [-0.05, 0) is 37.4 Å². The molecule has 0 saturated carbocycles. The molecule has 92 valence electrons. The zero-order valence-electron chi connectivity index (χ0n) is 10.5. The summed E-state index contributed by atoms with van der Waals surface area (Å²) in [5.41, 5.74) is 6.93. The van der Waals surface area contributed by atoms with E-state index < -0.39 is 0 Å². The van der Waals surface area contributed by atoms with Gasteiger partial charge in [-0.3, -0.25) is 0 Å². The third kappa shape index (κ3) is 2.96. The van der Waals surface area contributed by atoms with Crippen LogP contribution >= 0.6 is 11.3 Å². The number of hydrogen-bond donors (Lipinski definition) is 1. The number of nitrogens with two attached hydrogens (primary N) is 1. The second-order valence-corrected chi connectivity index (χ2v) is 5.96. The Hall–Kier alpha value is -1.13. The topological polar surface area (TPSA) is 52.0 Å². The fraction of sp³-hybridized carbons (Fsp3) is 0.462. The van der Waals surface area contributed by atoms with Crippen molar-refractivity contribution >= 4 is 11.3 Å². The van der Waals surface area contributed by atoms with Gasteiger partial charge >= 0.3 is 0 Å². The van der Waals surface area contributed by atoms with Gasteiger partial charge in [0.05, 0.1) is 5.69 Å². The summed E-state index contributed by atoms with van der Waals surface area (Å²) in [6.45, 7) is 6.92. The van der Waals surface area contributed by atoms with Crippen molar-refractivity contribution in [2.75, 3.05) is 6.54 Å². The highest BCUT2D eigenvalue weighted by atomic mass is 32.1. The molecule has 2 aromatic heterocycles. The maximum Gasteiger partial charge on any atom is 0.162 e. The van der Waals surface area contributed by atoms with Crippen LogP contribution in [0.15, 0.2) is 21.9 Å². The molecular weight excluding hydrogens is 232 g/mol. The van der Waals surface area contributed by atoms with E-state index in [0.717, 1.165) is 28.6 Å². The van der Waals surface area contributed by atoms with Crippen molar-refractivity contribution in [1.29, 1.82) is 0 Å². The van der Waals surface area contributed by atoms with Crippen LogP contribution in [-0.4, -0.2) is 11.5 Å². The summed E-state index contributed by atoms with van der Waals surface area (Å²) in [7, 11) is 0. The molecule has 0 amide bonds. The van der Waals surface area contributed by atoms with Crippen molar-refractivity contribution in [3.05, 3.63) is 29.0 Å². The summed E-state index contributed by atoms with van der Waals surface area (Å²) in [6.07, 6.45) is 0.902. The number of aromatic nitrogens is 1. The molecule has 17 heavy (non-hydrogen) atoms. The molecule has 2 rings (SSSR count). The van der Waals surface area contributed by atoms with Crippen LogP contribution in [-0.2, 0) is 6.42 Å². The van der Waals surface area contributed by atoms with Gasteiger partial charge in [0.2, 0.25) is 0 Å². The molecule has 0 saturated heterocycles. The number of aryl methyl sites for hydroxylation is 1. The molecule has 4 heteroatoms. The molecule has 2 heterocycles. The zero-order valence-corrected chi connectivity index (χ0v) is 11.3. The predicted molar refractivity (Wildman–Crippen MR) is 71.1 cm³/mol. The van der Waals surface area contributed by atoms with E-state index in [4.69, 9.17) is 10.2 Å². The summed E-state index contributed by atoms with van der Waals surface area (Å²) in [6, 6.07) is 3.92. The number of rotatable bonds is 4. The molecule has 0 radical (unpaired) electrons. The van der Waals surface area contributed by atoms with Gasteiger partial charge in [0, 0.05) is 5.38 Å². The molecule has 2 N–H and O–H groups in total. The molecule has 0 unspecified atom stereocenters. The first-order chi connectivity index (χ1) is 8.00. The standard InChI is InChI=1S/C13H18N2OS/c1-9-4-5-11(16-9)12-15-10(7-17-12)6-13(2,3)8-14/h4-5,7H,6,8,14H2,1-3H3. The van der Waals surface area contributed by atoms with E-state index >= 15 is 0 Å². The van der Waals surface area contributed by atoms with Gasteiger partial charge in [-0.15, -0.1) is 11.3 Å². The lowest BCUT2D eigenvalue weighted by Crippen LogP contribution is -2.26. The molecule has 0 aliphatic heterocycles. The van der Waals surface area contributed by atoms with Gasteiger partial charge in [-0.1, -0.05) is 13.8 Å². The van der Waals surface area contributed by atoms with Crippen molar-refractivity contribution < 1.29 is 4.42 Å². The van der Waals surface area contributed by atoms with Crippen LogP contribution in [0.1, 0.15) is 25.3 Å². The average Bonchev–Trinajstić information content (AvgIpc) is 2.86. The lowest BCUT2D eigenvalue weighted by molar-refractivity contribution is 0.373. The molecule has 0 aliphatic rings. The van der Waals surface area contributed by atoms with Crippen LogP contribution in [0.3, 0.4) is 0 Å². The van der Waals surface area contributed by atoms with E-state index in [1.807, 2.05) is 19.1 Å². The Morgan fingerprint density at radius 1 is 1.41 bits per heavy atom. The Kier molecular flexibility index (Phi) is 3.35. The summed E-state index contributed by atoms with van der Waals surface area (Å²) in [4.78, 5) is 4.60. The smallest absolute Gasteiger partial charge is 0.162 e. The van der Waals surface area contributed by atoms with Crippen molar-refractivity contribution in [2.45, 2.75) is 27.2 Å². The SMILES string of the molecule is Cc1ccc(-c2nc(CC(C)(C)CN)cs2)o1. The Morgan fingerprint density at radius 3 is 2.76 bits per heavy atom. The maximum atomic E-state index is 5.73. The van der Waals surface area contributed by atoms with Crippen molar-refractivity contribution in [3.63, 3.8) is 0 Å². The lowest BCUT2D eigenvalue weighted by atomic mass is 9.88. The van der Waals surface area contributed by atoms with Gasteiger partial charge in [-0.25, -0.2) is 4.98 Å². The normalized spacial score (nSPS) is 12.0. The third-order valence-electron chi connectivity index (χ3n) is 2.72.